The molecule has 2 aromatic rings. The van der Waals surface area contributed by atoms with E-state index < -0.39 is 0 Å². The topological polar surface area (TPSA) is 48.2 Å². The van der Waals surface area contributed by atoms with Crippen molar-refractivity contribution in [3.05, 3.63) is 41.6 Å². The fourth-order valence-corrected chi connectivity index (χ4v) is 1.67. The van der Waals surface area contributed by atoms with Gasteiger partial charge in [-0.05, 0) is 30.0 Å². The second kappa shape index (κ2) is 5.67. The molecular weight excluding hydrogens is 228 g/mol. The zero-order chi connectivity index (χ0) is 13.0. The zero-order valence-corrected chi connectivity index (χ0v) is 11.0. The molecule has 0 N–H and O–H groups in total. The Balaban J connectivity index is 1.94. The van der Waals surface area contributed by atoms with Gasteiger partial charge in [0.05, 0.1) is 0 Å². The molecule has 0 aliphatic carbocycles. The van der Waals surface area contributed by atoms with Crippen molar-refractivity contribution in [2.75, 3.05) is 0 Å². The molecule has 1 aromatic carbocycles. The van der Waals surface area contributed by atoms with Gasteiger partial charge in [-0.2, -0.15) is 0 Å². The third kappa shape index (κ3) is 3.09. The highest BCUT2D eigenvalue weighted by Gasteiger charge is 2.05. The lowest BCUT2D eigenvalue weighted by Crippen LogP contribution is -1.96. The highest BCUT2D eigenvalue weighted by molar-refractivity contribution is 5.29. The highest BCUT2D eigenvalue weighted by Crippen LogP contribution is 2.21. The molecule has 1 unspecified atom stereocenters. The van der Waals surface area contributed by atoms with Crippen LogP contribution in [-0.2, 0) is 6.61 Å². The minimum atomic E-state index is 0.309. The van der Waals surface area contributed by atoms with Gasteiger partial charge in [-0.25, -0.2) is 0 Å². The first kappa shape index (κ1) is 12.6. The van der Waals surface area contributed by atoms with Gasteiger partial charge in [0.15, 0.2) is 6.61 Å². The number of aryl methyl sites for hydroxylation is 1. The molecule has 2 rings (SSSR count). The maximum absolute atomic E-state index is 5.58. The normalized spacial score (nSPS) is 12.4. The largest absolute Gasteiger partial charge is 0.484 e. The molecule has 0 saturated carbocycles. The Bertz CT molecular complexity index is 491. The van der Waals surface area contributed by atoms with Crippen LogP contribution in [0.5, 0.6) is 5.75 Å². The van der Waals surface area contributed by atoms with Gasteiger partial charge in [-0.15, -0.1) is 10.2 Å². The second-order valence-electron chi connectivity index (χ2n) is 4.38. The number of hydrogen-bond acceptors (Lipinski definition) is 4. The first-order valence-corrected chi connectivity index (χ1v) is 6.20. The summed E-state index contributed by atoms with van der Waals surface area (Å²) in [6.07, 6.45) is 1.14. The van der Waals surface area contributed by atoms with Crippen molar-refractivity contribution < 1.29 is 9.15 Å². The molecule has 1 aromatic heterocycles. The summed E-state index contributed by atoms with van der Waals surface area (Å²) in [5.41, 5.74) is 1.33. The Labute approximate surface area is 107 Å². The van der Waals surface area contributed by atoms with E-state index >= 15 is 0 Å². The number of ether oxygens (including phenoxy) is 1. The van der Waals surface area contributed by atoms with E-state index in [4.69, 9.17) is 9.15 Å². The van der Waals surface area contributed by atoms with Crippen molar-refractivity contribution in [3.63, 3.8) is 0 Å². The van der Waals surface area contributed by atoms with E-state index in [-0.39, 0.29) is 0 Å². The summed E-state index contributed by atoms with van der Waals surface area (Å²) in [6.45, 7) is 6.48. The molecule has 0 bridgehead atoms. The Morgan fingerprint density at radius 2 is 1.94 bits per heavy atom. The molecule has 96 valence electrons. The summed E-state index contributed by atoms with van der Waals surface area (Å²) in [6, 6.07) is 8.15. The fraction of sp³-hybridized carbons (Fsp3) is 0.429. The maximum Gasteiger partial charge on any atom is 0.253 e. The van der Waals surface area contributed by atoms with Gasteiger partial charge in [0, 0.05) is 6.92 Å². The van der Waals surface area contributed by atoms with E-state index in [1.54, 1.807) is 6.92 Å². The van der Waals surface area contributed by atoms with Crippen LogP contribution < -0.4 is 4.74 Å². The number of hydrogen-bond donors (Lipinski definition) is 0. The van der Waals surface area contributed by atoms with Crippen molar-refractivity contribution in [1.82, 2.24) is 10.2 Å². The summed E-state index contributed by atoms with van der Waals surface area (Å²) in [4.78, 5) is 0. The van der Waals surface area contributed by atoms with E-state index in [1.807, 2.05) is 12.1 Å². The molecule has 0 saturated heterocycles. The second-order valence-corrected chi connectivity index (χ2v) is 4.38. The summed E-state index contributed by atoms with van der Waals surface area (Å²) >= 11 is 0. The fourth-order valence-electron chi connectivity index (χ4n) is 1.67. The number of nitrogens with zero attached hydrogens (tertiary/aromatic N) is 2. The van der Waals surface area contributed by atoms with Crippen molar-refractivity contribution in [2.24, 2.45) is 0 Å². The van der Waals surface area contributed by atoms with Gasteiger partial charge in [-0.1, -0.05) is 26.0 Å². The molecule has 0 fully saturated rings. The minimum absolute atomic E-state index is 0.309. The molecule has 0 amide bonds. The number of benzene rings is 1. The predicted octanol–water partition coefficient (Wildman–Crippen LogP) is 3.47. The van der Waals surface area contributed by atoms with E-state index in [0.29, 0.717) is 24.3 Å². The molecule has 0 aliphatic heterocycles. The molecule has 4 heteroatoms. The van der Waals surface area contributed by atoms with Crippen molar-refractivity contribution in [1.29, 1.82) is 0 Å². The van der Waals surface area contributed by atoms with Gasteiger partial charge in [0.1, 0.15) is 5.75 Å². The van der Waals surface area contributed by atoms with Crippen LogP contribution in [0.2, 0.25) is 0 Å². The smallest absolute Gasteiger partial charge is 0.253 e. The third-order valence-electron chi connectivity index (χ3n) is 2.99. The molecule has 18 heavy (non-hydrogen) atoms. The Kier molecular flexibility index (Phi) is 3.97. The third-order valence-corrected chi connectivity index (χ3v) is 2.99. The van der Waals surface area contributed by atoms with Crippen LogP contribution >= 0.6 is 0 Å². The van der Waals surface area contributed by atoms with Crippen LogP contribution in [0.1, 0.15) is 43.5 Å². The van der Waals surface area contributed by atoms with E-state index in [0.717, 1.165) is 12.2 Å². The molecular formula is C14H18N2O2. The van der Waals surface area contributed by atoms with Crippen molar-refractivity contribution in [3.8, 4) is 5.75 Å². The van der Waals surface area contributed by atoms with Crippen LogP contribution in [0.4, 0.5) is 0 Å². The van der Waals surface area contributed by atoms with Gasteiger partial charge < -0.3 is 9.15 Å². The lowest BCUT2D eigenvalue weighted by Gasteiger charge is -2.09. The summed E-state index contributed by atoms with van der Waals surface area (Å²) in [7, 11) is 0. The van der Waals surface area contributed by atoms with Crippen LogP contribution in [0.25, 0.3) is 0 Å². The molecule has 0 aliphatic rings. The molecule has 1 atom stereocenters. The summed E-state index contributed by atoms with van der Waals surface area (Å²) in [5.74, 6) is 2.45. The Morgan fingerprint density at radius 1 is 1.22 bits per heavy atom. The Morgan fingerprint density at radius 3 is 2.50 bits per heavy atom. The van der Waals surface area contributed by atoms with Gasteiger partial charge in [-0.3, -0.25) is 0 Å². The molecule has 1 heterocycles. The van der Waals surface area contributed by atoms with E-state index in [9.17, 15) is 0 Å². The van der Waals surface area contributed by atoms with Crippen LogP contribution in [0.3, 0.4) is 0 Å². The number of aromatic nitrogens is 2. The van der Waals surface area contributed by atoms with Crippen LogP contribution in [-0.4, -0.2) is 10.2 Å². The summed E-state index contributed by atoms with van der Waals surface area (Å²) < 4.78 is 10.8. The van der Waals surface area contributed by atoms with Crippen molar-refractivity contribution >= 4 is 0 Å². The quantitative estimate of drug-likeness (QED) is 0.810. The van der Waals surface area contributed by atoms with Crippen LogP contribution in [0, 0.1) is 6.92 Å². The first-order valence-electron chi connectivity index (χ1n) is 6.20. The van der Waals surface area contributed by atoms with Crippen LogP contribution in [0.15, 0.2) is 28.7 Å². The highest BCUT2D eigenvalue weighted by atomic mass is 16.5. The lowest BCUT2D eigenvalue weighted by atomic mass is 9.99. The summed E-state index contributed by atoms with van der Waals surface area (Å²) in [5, 5.41) is 7.63. The van der Waals surface area contributed by atoms with Crippen molar-refractivity contribution in [2.45, 2.75) is 39.7 Å². The zero-order valence-electron chi connectivity index (χ0n) is 11.0. The Hall–Kier alpha value is -1.84. The van der Waals surface area contributed by atoms with E-state index in [1.165, 1.54) is 5.56 Å². The SMILES string of the molecule is CCC(C)c1ccc(OCc2nnc(C)o2)cc1. The minimum Gasteiger partial charge on any atom is -0.484 e. The van der Waals surface area contributed by atoms with Gasteiger partial charge in [0.2, 0.25) is 5.89 Å². The average Bonchev–Trinajstić information content (AvgIpc) is 2.82. The van der Waals surface area contributed by atoms with Gasteiger partial charge in [0.25, 0.3) is 5.89 Å². The predicted molar refractivity (Wildman–Crippen MR) is 68.5 cm³/mol. The molecule has 0 spiro atoms. The molecule has 0 radical (unpaired) electrons. The van der Waals surface area contributed by atoms with E-state index in [2.05, 4.69) is 36.2 Å². The average molecular weight is 246 g/mol. The monoisotopic (exact) mass is 246 g/mol. The maximum atomic E-state index is 5.58. The lowest BCUT2D eigenvalue weighted by molar-refractivity contribution is 0.260. The first-order chi connectivity index (χ1) is 8.69. The van der Waals surface area contributed by atoms with Gasteiger partial charge >= 0.3 is 0 Å². The number of rotatable bonds is 5. The molecule has 4 nitrogen and oxygen atoms in total. The standard InChI is InChI=1S/C14H18N2O2/c1-4-10(2)12-5-7-13(8-6-12)17-9-14-16-15-11(3)18-14/h5-8,10H,4,9H2,1-3H3.